The molecular formula is C24H16ClFN2O3S. The molecule has 32 heavy (non-hydrogen) atoms. The fourth-order valence-corrected chi connectivity index (χ4v) is 3.99. The van der Waals surface area contributed by atoms with Gasteiger partial charge in [0.15, 0.2) is 0 Å². The van der Waals surface area contributed by atoms with E-state index in [1.165, 1.54) is 41.7 Å². The van der Waals surface area contributed by atoms with Crippen molar-refractivity contribution in [2.45, 2.75) is 0 Å². The molecule has 0 fully saturated rings. The molecule has 3 aromatic carbocycles. The fraction of sp³-hybridized carbons (Fsp3) is 0. The fourth-order valence-electron chi connectivity index (χ4n) is 3.06. The number of aromatic hydroxyl groups is 1. The summed E-state index contributed by atoms with van der Waals surface area (Å²) in [6.07, 6.45) is 0. The standard InChI is InChI=1S/C24H16ClFN2O3S/c25-15-3-7-17(8-4-15)27-23(30)20-13-18(9-10-21(20)29)28-24(31)22-19(11-12-32-22)14-1-5-16(26)6-2-14/h1-13,29H,(H,27,30)(H,28,31). The van der Waals surface area contributed by atoms with Gasteiger partial charge >= 0.3 is 0 Å². The Labute approximate surface area is 192 Å². The Morgan fingerprint density at radius 3 is 2.22 bits per heavy atom. The number of hydrogen-bond donors (Lipinski definition) is 3. The number of phenolic OH excluding ortho intramolecular Hbond substituents is 1. The Balaban J connectivity index is 1.54. The molecule has 4 aromatic rings. The summed E-state index contributed by atoms with van der Waals surface area (Å²) in [5, 5.41) is 17.9. The minimum absolute atomic E-state index is 0.00249. The Morgan fingerprint density at radius 1 is 0.844 bits per heavy atom. The third kappa shape index (κ3) is 4.80. The van der Waals surface area contributed by atoms with Crippen molar-refractivity contribution in [3.05, 3.63) is 99.5 Å². The van der Waals surface area contributed by atoms with Crippen LogP contribution < -0.4 is 10.6 Å². The number of benzene rings is 3. The maximum Gasteiger partial charge on any atom is 0.266 e. The summed E-state index contributed by atoms with van der Waals surface area (Å²) >= 11 is 7.10. The van der Waals surface area contributed by atoms with Gasteiger partial charge in [-0.1, -0.05) is 23.7 Å². The molecule has 0 radical (unpaired) electrons. The van der Waals surface area contributed by atoms with Crippen LogP contribution in [0.2, 0.25) is 5.02 Å². The van der Waals surface area contributed by atoms with Gasteiger partial charge in [-0.15, -0.1) is 11.3 Å². The molecule has 160 valence electrons. The number of amides is 2. The summed E-state index contributed by atoms with van der Waals surface area (Å²) in [5.41, 5.74) is 2.24. The van der Waals surface area contributed by atoms with E-state index in [9.17, 15) is 19.1 Å². The first-order valence-electron chi connectivity index (χ1n) is 9.45. The average molecular weight is 467 g/mol. The van der Waals surface area contributed by atoms with E-state index in [1.807, 2.05) is 0 Å². The molecule has 1 heterocycles. The zero-order valence-corrected chi connectivity index (χ0v) is 18.0. The second-order valence-electron chi connectivity index (χ2n) is 6.82. The van der Waals surface area contributed by atoms with Crippen molar-refractivity contribution in [2.24, 2.45) is 0 Å². The van der Waals surface area contributed by atoms with Crippen LogP contribution in [0.15, 0.2) is 78.2 Å². The zero-order chi connectivity index (χ0) is 22.7. The maximum atomic E-state index is 13.2. The first-order chi connectivity index (χ1) is 15.4. The minimum Gasteiger partial charge on any atom is -0.507 e. The predicted molar refractivity (Wildman–Crippen MR) is 125 cm³/mol. The van der Waals surface area contributed by atoms with E-state index in [0.717, 1.165) is 0 Å². The van der Waals surface area contributed by atoms with E-state index in [0.29, 0.717) is 32.4 Å². The third-order valence-electron chi connectivity index (χ3n) is 4.63. The van der Waals surface area contributed by atoms with Crippen LogP contribution in [0, 0.1) is 5.82 Å². The molecule has 0 saturated heterocycles. The van der Waals surface area contributed by atoms with E-state index in [4.69, 9.17) is 11.6 Å². The highest BCUT2D eigenvalue weighted by atomic mass is 35.5. The first kappa shape index (κ1) is 21.5. The Morgan fingerprint density at radius 2 is 1.50 bits per heavy atom. The number of hydrogen-bond acceptors (Lipinski definition) is 4. The zero-order valence-electron chi connectivity index (χ0n) is 16.4. The Bertz CT molecular complexity index is 1290. The largest absolute Gasteiger partial charge is 0.507 e. The van der Waals surface area contributed by atoms with Gasteiger partial charge in [-0.2, -0.15) is 0 Å². The number of carbonyl (C=O) groups excluding carboxylic acids is 2. The molecule has 0 spiro atoms. The Kier molecular flexibility index (Phi) is 6.20. The number of phenols is 1. The van der Waals surface area contributed by atoms with Gasteiger partial charge in [0.2, 0.25) is 0 Å². The molecule has 1 aromatic heterocycles. The van der Waals surface area contributed by atoms with Crippen LogP contribution in [0.1, 0.15) is 20.0 Å². The van der Waals surface area contributed by atoms with Crippen LogP contribution in [0.5, 0.6) is 5.75 Å². The van der Waals surface area contributed by atoms with Gasteiger partial charge in [0.05, 0.1) is 10.4 Å². The van der Waals surface area contributed by atoms with E-state index in [1.54, 1.807) is 47.8 Å². The van der Waals surface area contributed by atoms with Crippen LogP contribution in [-0.2, 0) is 0 Å². The lowest BCUT2D eigenvalue weighted by Crippen LogP contribution is -2.14. The van der Waals surface area contributed by atoms with E-state index in [-0.39, 0.29) is 23.0 Å². The normalized spacial score (nSPS) is 10.6. The maximum absolute atomic E-state index is 13.2. The molecule has 0 aliphatic rings. The first-order valence-corrected chi connectivity index (χ1v) is 10.7. The van der Waals surface area contributed by atoms with E-state index in [2.05, 4.69) is 10.6 Å². The highest BCUT2D eigenvalue weighted by Gasteiger charge is 2.17. The second-order valence-corrected chi connectivity index (χ2v) is 8.17. The van der Waals surface area contributed by atoms with Gasteiger partial charge in [-0.25, -0.2) is 4.39 Å². The molecule has 3 N–H and O–H groups in total. The van der Waals surface area contributed by atoms with Crippen LogP contribution in [0.3, 0.4) is 0 Å². The van der Waals surface area contributed by atoms with E-state index >= 15 is 0 Å². The highest BCUT2D eigenvalue weighted by Crippen LogP contribution is 2.30. The molecule has 4 rings (SSSR count). The van der Waals surface area contributed by atoms with Gasteiger partial charge in [0.25, 0.3) is 11.8 Å². The molecule has 0 unspecified atom stereocenters. The quantitative estimate of drug-likeness (QED) is 0.297. The van der Waals surface area contributed by atoms with Crippen molar-refractivity contribution in [3.8, 4) is 16.9 Å². The van der Waals surface area contributed by atoms with E-state index < -0.39 is 5.91 Å². The van der Waals surface area contributed by atoms with Gasteiger partial charge in [-0.05, 0) is 71.6 Å². The van der Waals surface area contributed by atoms with Crippen molar-refractivity contribution in [1.82, 2.24) is 0 Å². The number of anilines is 2. The summed E-state index contributed by atoms with van der Waals surface area (Å²) in [6.45, 7) is 0. The molecule has 0 saturated carbocycles. The number of thiophene rings is 1. The monoisotopic (exact) mass is 466 g/mol. The van der Waals surface area contributed by atoms with Crippen LogP contribution >= 0.6 is 22.9 Å². The van der Waals surface area contributed by atoms with Crippen molar-refractivity contribution in [1.29, 1.82) is 0 Å². The molecule has 8 heteroatoms. The summed E-state index contributed by atoms with van der Waals surface area (Å²) < 4.78 is 13.2. The molecule has 0 aliphatic heterocycles. The number of rotatable bonds is 5. The topological polar surface area (TPSA) is 78.4 Å². The smallest absolute Gasteiger partial charge is 0.266 e. The minimum atomic E-state index is -0.538. The van der Waals surface area contributed by atoms with Crippen LogP contribution in [0.4, 0.5) is 15.8 Å². The summed E-state index contributed by atoms with van der Waals surface area (Å²) in [5.74, 6) is -1.50. The molecule has 0 aliphatic carbocycles. The SMILES string of the molecule is O=C(Nc1ccc(Cl)cc1)c1cc(NC(=O)c2sccc2-c2ccc(F)cc2)ccc1O. The van der Waals surface area contributed by atoms with Crippen molar-refractivity contribution >= 4 is 46.1 Å². The number of halogens is 2. The van der Waals surface area contributed by atoms with Gasteiger partial charge < -0.3 is 15.7 Å². The molecule has 5 nitrogen and oxygen atoms in total. The van der Waals surface area contributed by atoms with Crippen LogP contribution in [-0.4, -0.2) is 16.9 Å². The summed E-state index contributed by atoms with van der Waals surface area (Å²) in [4.78, 5) is 25.9. The average Bonchev–Trinajstić information content (AvgIpc) is 3.27. The lowest BCUT2D eigenvalue weighted by Gasteiger charge is -2.11. The predicted octanol–water partition coefficient (Wildman–Crippen LogP) is 6.42. The number of carbonyl (C=O) groups is 2. The molecular weight excluding hydrogens is 451 g/mol. The van der Waals surface area contributed by atoms with Crippen molar-refractivity contribution in [3.63, 3.8) is 0 Å². The molecule has 0 atom stereocenters. The van der Waals surface area contributed by atoms with Crippen molar-refractivity contribution < 1.29 is 19.1 Å². The summed E-state index contributed by atoms with van der Waals surface area (Å²) in [7, 11) is 0. The number of nitrogens with one attached hydrogen (secondary N) is 2. The highest BCUT2D eigenvalue weighted by molar-refractivity contribution is 7.12. The Hall–Kier alpha value is -3.68. The van der Waals surface area contributed by atoms with Gasteiger partial charge in [-0.3, -0.25) is 9.59 Å². The van der Waals surface area contributed by atoms with Crippen molar-refractivity contribution in [2.75, 3.05) is 10.6 Å². The lowest BCUT2D eigenvalue weighted by molar-refractivity contribution is 0.101. The third-order valence-corrected chi connectivity index (χ3v) is 5.79. The van der Waals surface area contributed by atoms with Gasteiger partial charge in [0.1, 0.15) is 11.6 Å². The molecule has 2 amide bonds. The molecule has 0 bridgehead atoms. The second kappa shape index (κ2) is 9.21. The van der Waals surface area contributed by atoms with Gasteiger partial charge in [0, 0.05) is 22.0 Å². The summed E-state index contributed by atoms with van der Waals surface area (Å²) in [6, 6.07) is 18.4. The lowest BCUT2D eigenvalue weighted by atomic mass is 10.1. The van der Waals surface area contributed by atoms with Crippen LogP contribution in [0.25, 0.3) is 11.1 Å².